The Morgan fingerprint density at radius 2 is 1.92 bits per heavy atom. The van der Waals surface area contributed by atoms with E-state index >= 15 is 0 Å². The summed E-state index contributed by atoms with van der Waals surface area (Å²) in [4.78, 5) is 22.9. The fourth-order valence-electron chi connectivity index (χ4n) is 2.72. The van der Waals surface area contributed by atoms with Gasteiger partial charge in [-0.05, 0) is 0 Å². The second-order valence-corrected chi connectivity index (χ2v) is 5.27. The van der Waals surface area contributed by atoms with Gasteiger partial charge in [-0.1, -0.05) is 0 Å². The summed E-state index contributed by atoms with van der Waals surface area (Å²) in [6.07, 6.45) is 4.91. The van der Waals surface area contributed by atoms with Crippen LogP contribution in [-0.2, 0) is 0 Å². The number of benzene rings is 1. The molecule has 0 saturated carbocycles. The minimum Gasteiger partial charge on any atom is -0.494 e. The van der Waals surface area contributed by atoms with Crippen LogP contribution in [-0.4, -0.2) is 48.2 Å². The molecule has 126 valence electrons. The van der Waals surface area contributed by atoms with E-state index in [1.54, 1.807) is 18.6 Å². The quantitative estimate of drug-likeness (QED) is 0.623. The van der Waals surface area contributed by atoms with Crippen LogP contribution in [0.1, 0.15) is 0 Å². The highest BCUT2D eigenvalue weighted by atomic mass is 19.1. The molecule has 0 amide bonds. The number of nitrogens with zero attached hydrogens (tertiary/aromatic N) is 5. The van der Waals surface area contributed by atoms with Gasteiger partial charge < -0.3 is 14.5 Å². The average Bonchev–Trinajstić information content (AvgIpc) is 2.62. The van der Waals surface area contributed by atoms with Crippen molar-refractivity contribution in [1.29, 1.82) is 0 Å². The molecule has 2 heterocycles. The number of hydrogen-bond acceptors (Lipinski definition) is 7. The van der Waals surface area contributed by atoms with E-state index in [1.165, 1.54) is 13.2 Å². The van der Waals surface area contributed by atoms with Crippen LogP contribution in [0.4, 0.5) is 21.6 Å². The molecule has 1 aromatic heterocycles. The third-order valence-corrected chi connectivity index (χ3v) is 3.94. The second-order valence-electron chi connectivity index (χ2n) is 5.27. The van der Waals surface area contributed by atoms with E-state index in [9.17, 15) is 14.5 Å². The summed E-state index contributed by atoms with van der Waals surface area (Å²) in [7, 11) is 1.33. The van der Waals surface area contributed by atoms with Crippen LogP contribution >= 0.6 is 0 Å². The normalized spacial score (nSPS) is 14.6. The predicted molar refractivity (Wildman–Crippen MR) is 86.1 cm³/mol. The highest BCUT2D eigenvalue weighted by molar-refractivity contribution is 5.67. The summed E-state index contributed by atoms with van der Waals surface area (Å²) in [6.45, 7) is 2.36. The van der Waals surface area contributed by atoms with E-state index in [2.05, 4.69) is 14.9 Å². The number of hydrogen-bond donors (Lipinski definition) is 0. The van der Waals surface area contributed by atoms with E-state index < -0.39 is 10.7 Å². The third kappa shape index (κ3) is 3.05. The molecule has 3 rings (SSSR count). The van der Waals surface area contributed by atoms with Gasteiger partial charge in [0.2, 0.25) is 0 Å². The SMILES string of the molecule is COc1cc(N2CCN(c3cnccn3)CC2)c([N+](=O)[O-])cc1F. The summed E-state index contributed by atoms with van der Waals surface area (Å²) in [6, 6.07) is 2.29. The largest absolute Gasteiger partial charge is 0.494 e. The molecule has 0 unspecified atom stereocenters. The van der Waals surface area contributed by atoms with Crippen LogP contribution in [0.5, 0.6) is 5.75 Å². The van der Waals surface area contributed by atoms with E-state index in [0.29, 0.717) is 31.9 Å². The van der Waals surface area contributed by atoms with Crippen LogP contribution in [0.3, 0.4) is 0 Å². The Labute approximate surface area is 137 Å². The molecule has 0 bridgehead atoms. The lowest BCUT2D eigenvalue weighted by Gasteiger charge is -2.36. The molecule has 8 nitrogen and oxygen atoms in total. The topological polar surface area (TPSA) is 84.6 Å². The van der Waals surface area contributed by atoms with Crippen LogP contribution < -0.4 is 14.5 Å². The fraction of sp³-hybridized carbons (Fsp3) is 0.333. The monoisotopic (exact) mass is 333 g/mol. The average molecular weight is 333 g/mol. The van der Waals surface area contributed by atoms with Crippen molar-refractivity contribution >= 4 is 17.2 Å². The molecule has 24 heavy (non-hydrogen) atoms. The van der Waals surface area contributed by atoms with Crippen molar-refractivity contribution in [2.24, 2.45) is 0 Å². The van der Waals surface area contributed by atoms with Gasteiger partial charge in [-0.3, -0.25) is 15.1 Å². The highest BCUT2D eigenvalue weighted by Crippen LogP contribution is 2.35. The highest BCUT2D eigenvalue weighted by Gasteiger charge is 2.26. The zero-order chi connectivity index (χ0) is 17.1. The van der Waals surface area contributed by atoms with E-state index in [-0.39, 0.29) is 11.4 Å². The molecule has 0 radical (unpaired) electrons. The lowest BCUT2D eigenvalue weighted by atomic mass is 10.2. The van der Waals surface area contributed by atoms with Gasteiger partial charge in [0.25, 0.3) is 5.69 Å². The molecule has 0 aliphatic carbocycles. The summed E-state index contributed by atoms with van der Waals surface area (Å²) in [5.41, 5.74) is 0.0956. The summed E-state index contributed by atoms with van der Waals surface area (Å²) >= 11 is 0. The predicted octanol–water partition coefficient (Wildman–Crippen LogP) is 1.86. The molecular weight excluding hydrogens is 317 g/mol. The number of anilines is 2. The van der Waals surface area contributed by atoms with Crippen molar-refractivity contribution in [1.82, 2.24) is 9.97 Å². The third-order valence-electron chi connectivity index (χ3n) is 3.94. The van der Waals surface area contributed by atoms with Crippen molar-refractivity contribution in [2.45, 2.75) is 0 Å². The summed E-state index contributed by atoms with van der Waals surface area (Å²) in [5.74, 6) is 0.0152. The number of piperazine rings is 1. The van der Waals surface area contributed by atoms with E-state index in [1.807, 2.05) is 4.90 Å². The van der Waals surface area contributed by atoms with Gasteiger partial charge in [0, 0.05) is 44.6 Å². The fourth-order valence-corrected chi connectivity index (χ4v) is 2.72. The first kappa shape index (κ1) is 15.9. The number of rotatable bonds is 4. The summed E-state index contributed by atoms with van der Waals surface area (Å²) < 4.78 is 18.7. The maximum Gasteiger partial charge on any atom is 0.295 e. The zero-order valence-corrected chi connectivity index (χ0v) is 13.1. The molecule has 0 atom stereocenters. The van der Waals surface area contributed by atoms with Gasteiger partial charge in [-0.15, -0.1) is 0 Å². The smallest absolute Gasteiger partial charge is 0.295 e. The summed E-state index contributed by atoms with van der Waals surface area (Å²) in [5, 5.41) is 11.2. The Hall–Kier alpha value is -2.97. The van der Waals surface area contributed by atoms with Gasteiger partial charge in [-0.25, -0.2) is 9.37 Å². The first-order valence-corrected chi connectivity index (χ1v) is 7.38. The molecule has 1 fully saturated rings. The Morgan fingerprint density at radius 3 is 2.50 bits per heavy atom. The van der Waals surface area contributed by atoms with Crippen LogP contribution in [0.15, 0.2) is 30.7 Å². The van der Waals surface area contributed by atoms with Crippen molar-refractivity contribution < 1.29 is 14.1 Å². The molecule has 1 aromatic carbocycles. The van der Waals surface area contributed by atoms with Crippen molar-refractivity contribution in [3.8, 4) is 5.75 Å². The number of ether oxygens (including phenoxy) is 1. The van der Waals surface area contributed by atoms with E-state index in [4.69, 9.17) is 4.74 Å². The zero-order valence-electron chi connectivity index (χ0n) is 13.1. The van der Waals surface area contributed by atoms with Crippen molar-refractivity contribution in [2.75, 3.05) is 43.1 Å². The van der Waals surface area contributed by atoms with Gasteiger partial charge in [0.1, 0.15) is 11.5 Å². The number of aromatic nitrogens is 2. The van der Waals surface area contributed by atoms with Crippen LogP contribution in [0, 0.1) is 15.9 Å². The van der Waals surface area contributed by atoms with Crippen LogP contribution in [0.25, 0.3) is 0 Å². The lowest BCUT2D eigenvalue weighted by Crippen LogP contribution is -2.47. The number of halogens is 1. The first-order chi connectivity index (χ1) is 11.6. The lowest BCUT2D eigenvalue weighted by molar-refractivity contribution is -0.384. The Bertz CT molecular complexity index is 735. The Kier molecular flexibility index (Phi) is 4.41. The van der Waals surface area contributed by atoms with Gasteiger partial charge in [-0.2, -0.15) is 0 Å². The van der Waals surface area contributed by atoms with Crippen LogP contribution in [0.2, 0.25) is 0 Å². The number of nitro groups is 1. The minimum atomic E-state index is -0.744. The molecule has 1 aliphatic heterocycles. The molecule has 1 aliphatic rings. The second kappa shape index (κ2) is 6.65. The number of nitro benzene ring substituents is 1. The van der Waals surface area contributed by atoms with Gasteiger partial charge >= 0.3 is 0 Å². The number of methoxy groups -OCH3 is 1. The molecule has 9 heteroatoms. The Morgan fingerprint density at radius 1 is 1.21 bits per heavy atom. The van der Waals surface area contributed by atoms with Gasteiger partial charge in [0.05, 0.1) is 24.3 Å². The van der Waals surface area contributed by atoms with Crippen molar-refractivity contribution in [3.63, 3.8) is 0 Å². The van der Waals surface area contributed by atoms with Crippen molar-refractivity contribution in [3.05, 3.63) is 46.7 Å². The molecule has 0 spiro atoms. The molecule has 1 saturated heterocycles. The minimum absolute atomic E-state index is 0.00745. The Balaban J connectivity index is 1.82. The van der Waals surface area contributed by atoms with Gasteiger partial charge in [0.15, 0.2) is 11.6 Å². The molecular formula is C15H16FN5O3. The molecule has 2 aromatic rings. The standard InChI is InChI=1S/C15H16FN5O3/c1-24-14-9-12(13(21(22)23)8-11(14)16)19-4-6-20(7-5-19)15-10-17-2-3-18-15/h2-3,8-10H,4-7H2,1H3. The first-order valence-electron chi connectivity index (χ1n) is 7.38. The van der Waals surface area contributed by atoms with E-state index in [0.717, 1.165) is 11.9 Å². The maximum atomic E-state index is 13.8. The maximum absolute atomic E-state index is 13.8. The molecule has 0 N–H and O–H groups in total.